The highest BCUT2D eigenvalue weighted by atomic mass is 32.1. The van der Waals surface area contributed by atoms with Gasteiger partial charge in [0.15, 0.2) is 0 Å². The first kappa shape index (κ1) is 12.5. The number of hydrogen-bond acceptors (Lipinski definition) is 5. The van der Waals surface area contributed by atoms with Crippen molar-refractivity contribution in [3.63, 3.8) is 0 Å². The summed E-state index contributed by atoms with van der Waals surface area (Å²) in [5.41, 5.74) is 10.1. The fourth-order valence-corrected chi connectivity index (χ4v) is 3.33. The van der Waals surface area contributed by atoms with Crippen LogP contribution in [-0.2, 0) is 6.42 Å². The fraction of sp³-hybridized carbons (Fsp3) is 0.143. The normalized spacial score (nSPS) is 12.5. The molecule has 3 aromatic rings. The lowest BCUT2D eigenvalue weighted by Gasteiger charge is -2.05. The molecular formula is C14H13N3S2. The topological polar surface area (TPSA) is 51.8 Å². The van der Waals surface area contributed by atoms with E-state index in [9.17, 15) is 0 Å². The number of nitrogens with two attached hydrogens (primary N) is 1. The minimum atomic E-state index is -0.0118. The minimum absolute atomic E-state index is 0.0118. The van der Waals surface area contributed by atoms with Crippen LogP contribution in [0.1, 0.15) is 15.9 Å². The summed E-state index contributed by atoms with van der Waals surface area (Å²) in [5, 5.41) is 3.16. The molecular weight excluding hydrogens is 274 g/mol. The largest absolute Gasteiger partial charge is 0.323 e. The second-order valence-electron chi connectivity index (χ2n) is 4.21. The number of thiazole rings is 2. The highest BCUT2D eigenvalue weighted by Gasteiger charge is 2.12. The van der Waals surface area contributed by atoms with E-state index in [-0.39, 0.29) is 6.04 Å². The van der Waals surface area contributed by atoms with Gasteiger partial charge in [0.25, 0.3) is 0 Å². The zero-order valence-corrected chi connectivity index (χ0v) is 11.8. The SMILES string of the molecule is NC(Cc1nc(-c2ccccc2)cs1)c1cncs1. The average molecular weight is 287 g/mol. The third-order valence-corrected chi connectivity index (χ3v) is 4.61. The van der Waals surface area contributed by atoms with Gasteiger partial charge >= 0.3 is 0 Å². The molecule has 1 unspecified atom stereocenters. The molecule has 3 rings (SSSR count). The monoisotopic (exact) mass is 287 g/mol. The second kappa shape index (κ2) is 5.61. The molecule has 0 spiro atoms. The van der Waals surface area contributed by atoms with Crippen LogP contribution in [0.5, 0.6) is 0 Å². The Labute approximate surface area is 119 Å². The van der Waals surface area contributed by atoms with Crippen molar-refractivity contribution in [3.8, 4) is 11.3 Å². The van der Waals surface area contributed by atoms with Crippen LogP contribution in [0.3, 0.4) is 0 Å². The summed E-state index contributed by atoms with van der Waals surface area (Å²) in [6.07, 6.45) is 2.60. The van der Waals surface area contributed by atoms with E-state index in [1.807, 2.05) is 29.9 Å². The van der Waals surface area contributed by atoms with E-state index in [1.165, 1.54) is 0 Å². The smallest absolute Gasteiger partial charge is 0.0951 e. The summed E-state index contributed by atoms with van der Waals surface area (Å²) >= 11 is 3.26. The Bertz CT molecular complexity index is 632. The Hall–Kier alpha value is -1.56. The van der Waals surface area contributed by atoms with Crippen LogP contribution >= 0.6 is 22.7 Å². The third-order valence-electron chi connectivity index (χ3n) is 2.83. The van der Waals surface area contributed by atoms with Crippen molar-refractivity contribution < 1.29 is 0 Å². The van der Waals surface area contributed by atoms with Gasteiger partial charge in [0.2, 0.25) is 0 Å². The van der Waals surface area contributed by atoms with Crippen LogP contribution in [0, 0.1) is 0 Å². The van der Waals surface area contributed by atoms with Crippen molar-refractivity contribution in [1.29, 1.82) is 0 Å². The predicted molar refractivity (Wildman–Crippen MR) is 80.3 cm³/mol. The number of rotatable bonds is 4. The molecule has 0 bridgehead atoms. The predicted octanol–water partition coefficient (Wildman–Crippen LogP) is 3.51. The Morgan fingerprint density at radius 2 is 2.00 bits per heavy atom. The van der Waals surface area contributed by atoms with Gasteiger partial charge < -0.3 is 5.73 Å². The highest BCUT2D eigenvalue weighted by molar-refractivity contribution is 7.10. The number of aromatic nitrogens is 2. The van der Waals surface area contributed by atoms with E-state index in [0.29, 0.717) is 0 Å². The molecule has 2 N–H and O–H groups in total. The Morgan fingerprint density at radius 1 is 1.16 bits per heavy atom. The zero-order valence-electron chi connectivity index (χ0n) is 10.2. The Kier molecular flexibility index (Phi) is 3.68. The lowest BCUT2D eigenvalue weighted by Crippen LogP contribution is -2.11. The highest BCUT2D eigenvalue weighted by Crippen LogP contribution is 2.25. The van der Waals surface area contributed by atoms with Gasteiger partial charge in [-0.1, -0.05) is 30.3 Å². The Morgan fingerprint density at radius 3 is 2.74 bits per heavy atom. The second-order valence-corrected chi connectivity index (χ2v) is 6.07. The molecule has 5 heteroatoms. The summed E-state index contributed by atoms with van der Waals surface area (Å²) in [6.45, 7) is 0. The fourth-order valence-electron chi connectivity index (χ4n) is 1.84. The number of benzene rings is 1. The van der Waals surface area contributed by atoms with Crippen molar-refractivity contribution >= 4 is 22.7 Å². The minimum Gasteiger partial charge on any atom is -0.323 e. The molecule has 0 saturated heterocycles. The molecule has 1 atom stereocenters. The lowest BCUT2D eigenvalue weighted by molar-refractivity contribution is 0.730. The quantitative estimate of drug-likeness (QED) is 0.799. The molecule has 1 aromatic carbocycles. The summed E-state index contributed by atoms with van der Waals surface area (Å²) in [5.74, 6) is 0. The zero-order chi connectivity index (χ0) is 13.1. The van der Waals surface area contributed by atoms with Crippen molar-refractivity contribution in [1.82, 2.24) is 9.97 Å². The van der Waals surface area contributed by atoms with Crippen LogP contribution in [0.2, 0.25) is 0 Å². The molecule has 0 saturated carbocycles. The summed E-state index contributed by atoms with van der Waals surface area (Å²) in [6, 6.07) is 10.2. The number of nitrogens with zero attached hydrogens (tertiary/aromatic N) is 2. The van der Waals surface area contributed by atoms with Crippen LogP contribution in [0.15, 0.2) is 47.4 Å². The van der Waals surface area contributed by atoms with Crippen molar-refractivity contribution in [2.24, 2.45) is 5.73 Å². The van der Waals surface area contributed by atoms with Crippen LogP contribution < -0.4 is 5.73 Å². The van der Waals surface area contributed by atoms with Gasteiger partial charge in [-0.25, -0.2) is 4.98 Å². The van der Waals surface area contributed by atoms with E-state index >= 15 is 0 Å². The van der Waals surface area contributed by atoms with E-state index in [0.717, 1.165) is 27.6 Å². The van der Waals surface area contributed by atoms with Gasteiger partial charge in [0, 0.05) is 34.5 Å². The first-order valence-corrected chi connectivity index (χ1v) is 7.72. The molecule has 0 aliphatic heterocycles. The van der Waals surface area contributed by atoms with Gasteiger partial charge in [-0.2, -0.15) is 0 Å². The van der Waals surface area contributed by atoms with Crippen molar-refractivity contribution in [2.45, 2.75) is 12.5 Å². The van der Waals surface area contributed by atoms with Gasteiger partial charge in [-0.15, -0.1) is 22.7 Å². The molecule has 96 valence electrons. The molecule has 0 amide bonds. The lowest BCUT2D eigenvalue weighted by atomic mass is 10.2. The summed E-state index contributed by atoms with van der Waals surface area (Å²) in [7, 11) is 0. The maximum absolute atomic E-state index is 6.16. The molecule has 0 fully saturated rings. The standard InChI is InChI=1S/C14H13N3S2/c15-11(13-7-16-9-19-13)6-14-17-12(8-18-14)10-4-2-1-3-5-10/h1-5,7-9,11H,6,15H2. The van der Waals surface area contributed by atoms with Gasteiger partial charge in [0.05, 0.1) is 16.2 Å². The molecule has 0 aliphatic rings. The van der Waals surface area contributed by atoms with Gasteiger partial charge in [0.1, 0.15) is 0 Å². The van der Waals surface area contributed by atoms with Gasteiger partial charge in [-0.3, -0.25) is 4.98 Å². The van der Waals surface area contributed by atoms with Gasteiger partial charge in [-0.05, 0) is 0 Å². The third kappa shape index (κ3) is 2.89. The number of hydrogen-bond donors (Lipinski definition) is 1. The van der Waals surface area contributed by atoms with E-state index < -0.39 is 0 Å². The maximum atomic E-state index is 6.16. The maximum Gasteiger partial charge on any atom is 0.0951 e. The summed E-state index contributed by atoms with van der Waals surface area (Å²) < 4.78 is 0. The molecule has 2 aromatic heterocycles. The first-order valence-electron chi connectivity index (χ1n) is 5.97. The average Bonchev–Trinajstić information content (AvgIpc) is 3.11. The van der Waals surface area contributed by atoms with Crippen LogP contribution in [0.25, 0.3) is 11.3 Å². The molecule has 19 heavy (non-hydrogen) atoms. The summed E-state index contributed by atoms with van der Waals surface area (Å²) in [4.78, 5) is 9.82. The van der Waals surface area contributed by atoms with E-state index in [4.69, 9.17) is 5.73 Å². The van der Waals surface area contributed by atoms with Crippen LogP contribution in [-0.4, -0.2) is 9.97 Å². The van der Waals surface area contributed by atoms with Crippen molar-refractivity contribution in [3.05, 3.63) is 57.3 Å². The first-order chi connectivity index (χ1) is 9.33. The van der Waals surface area contributed by atoms with E-state index in [2.05, 4.69) is 27.5 Å². The molecule has 0 radical (unpaired) electrons. The van der Waals surface area contributed by atoms with Crippen molar-refractivity contribution in [2.75, 3.05) is 0 Å². The molecule has 0 aliphatic carbocycles. The Balaban J connectivity index is 1.75. The molecule has 2 heterocycles. The van der Waals surface area contributed by atoms with E-state index in [1.54, 1.807) is 22.7 Å². The van der Waals surface area contributed by atoms with Crippen LogP contribution in [0.4, 0.5) is 0 Å². The molecule has 3 nitrogen and oxygen atoms in total.